The summed E-state index contributed by atoms with van der Waals surface area (Å²) in [6.45, 7) is 0. The molecule has 0 N–H and O–H groups in total. The monoisotopic (exact) mass is 182 g/mol. The van der Waals surface area contributed by atoms with Gasteiger partial charge in [-0.15, -0.1) is 29.8 Å². The Morgan fingerprint density at radius 3 is 2.00 bits per heavy atom. The Morgan fingerprint density at radius 2 is 1.46 bits per heavy atom. The molecule has 0 radical (unpaired) electrons. The predicted octanol–water partition coefficient (Wildman–Crippen LogP) is 0.216. The van der Waals surface area contributed by atoms with Crippen LogP contribution in [0.3, 0.4) is 0 Å². The van der Waals surface area contributed by atoms with Gasteiger partial charge in [0.1, 0.15) is 5.82 Å². The van der Waals surface area contributed by atoms with E-state index >= 15 is 0 Å². The number of halogens is 1. The molecule has 0 saturated heterocycles. The molecule has 0 atom stereocenters. The van der Waals surface area contributed by atoms with Gasteiger partial charge < -0.3 is 0 Å². The third-order valence-corrected chi connectivity index (χ3v) is 1.84. The van der Waals surface area contributed by atoms with Gasteiger partial charge in [0.2, 0.25) is 0 Å². The molecule has 0 spiro atoms. The minimum atomic E-state index is -0.190. The molecule has 0 aromatic heterocycles. The van der Waals surface area contributed by atoms with Crippen LogP contribution in [0.1, 0.15) is 0 Å². The average molecular weight is 182 g/mol. The molecule has 0 aliphatic heterocycles. The van der Waals surface area contributed by atoms with Crippen LogP contribution in [0.25, 0.3) is 11.1 Å². The van der Waals surface area contributed by atoms with Crippen LogP contribution in [-0.4, -0.2) is 0 Å². The molecule has 13 heavy (non-hydrogen) atoms. The number of rotatable bonds is 1. The van der Waals surface area contributed by atoms with Crippen molar-refractivity contribution < 1.29 is 33.9 Å². The van der Waals surface area contributed by atoms with Crippen LogP contribution >= 0.6 is 0 Å². The first-order valence-electron chi connectivity index (χ1n) is 3.84. The SMILES string of the molecule is Fc1ccc(-[c-]2cccc2)cc1.[Na+]. The van der Waals surface area contributed by atoms with Crippen LogP contribution in [0.15, 0.2) is 48.5 Å². The van der Waals surface area contributed by atoms with Crippen molar-refractivity contribution in [1.82, 2.24) is 0 Å². The molecule has 2 aromatic carbocycles. The van der Waals surface area contributed by atoms with Crippen molar-refractivity contribution >= 4 is 0 Å². The van der Waals surface area contributed by atoms with E-state index in [4.69, 9.17) is 0 Å². The van der Waals surface area contributed by atoms with E-state index in [0.29, 0.717) is 0 Å². The topological polar surface area (TPSA) is 0 Å². The molecule has 0 unspecified atom stereocenters. The Balaban J connectivity index is 0.000000845. The van der Waals surface area contributed by atoms with E-state index in [-0.39, 0.29) is 35.4 Å². The summed E-state index contributed by atoms with van der Waals surface area (Å²) in [6, 6.07) is 14.5. The van der Waals surface area contributed by atoms with E-state index in [0.717, 1.165) is 11.1 Å². The molecule has 0 fully saturated rings. The van der Waals surface area contributed by atoms with E-state index < -0.39 is 0 Å². The Labute approximate surface area is 99.1 Å². The fraction of sp³-hybridized carbons (Fsp3) is 0. The van der Waals surface area contributed by atoms with Crippen LogP contribution in [-0.2, 0) is 0 Å². The second-order valence-electron chi connectivity index (χ2n) is 2.68. The Bertz CT molecular complexity index is 348. The smallest absolute Gasteiger partial charge is 0.208 e. The zero-order valence-electron chi connectivity index (χ0n) is 7.50. The van der Waals surface area contributed by atoms with Gasteiger partial charge >= 0.3 is 29.6 Å². The molecular weight excluding hydrogens is 174 g/mol. The summed E-state index contributed by atoms with van der Waals surface area (Å²) in [4.78, 5) is 0. The number of benzene rings is 1. The Kier molecular flexibility index (Phi) is 3.79. The maximum absolute atomic E-state index is 12.5. The van der Waals surface area contributed by atoms with Crippen LogP contribution in [0.5, 0.6) is 0 Å². The van der Waals surface area contributed by atoms with Crippen molar-refractivity contribution in [3.8, 4) is 11.1 Å². The molecule has 2 heteroatoms. The van der Waals surface area contributed by atoms with Crippen molar-refractivity contribution in [3.05, 3.63) is 54.3 Å². The molecule has 0 saturated carbocycles. The maximum Gasteiger partial charge on any atom is 1.00 e. The van der Waals surface area contributed by atoms with E-state index in [1.807, 2.05) is 24.3 Å². The third-order valence-electron chi connectivity index (χ3n) is 1.84. The largest absolute Gasteiger partial charge is 1.00 e. The molecule has 2 aromatic rings. The second kappa shape index (κ2) is 4.66. The van der Waals surface area contributed by atoms with E-state index in [2.05, 4.69) is 0 Å². The summed E-state index contributed by atoms with van der Waals surface area (Å²) in [5.74, 6) is -0.190. The quantitative estimate of drug-likeness (QED) is 0.437. The van der Waals surface area contributed by atoms with E-state index in [1.165, 1.54) is 12.1 Å². The molecule has 2 rings (SSSR count). The molecule has 0 amide bonds. The van der Waals surface area contributed by atoms with Gasteiger partial charge in [0.05, 0.1) is 0 Å². The maximum atomic E-state index is 12.5. The third kappa shape index (κ3) is 2.47. The first-order valence-corrected chi connectivity index (χ1v) is 3.84. The summed E-state index contributed by atoms with van der Waals surface area (Å²) in [5, 5.41) is 0. The fourth-order valence-electron chi connectivity index (χ4n) is 1.21. The average Bonchev–Trinajstić information content (AvgIpc) is 2.58. The van der Waals surface area contributed by atoms with Crippen LogP contribution in [0.2, 0.25) is 0 Å². The van der Waals surface area contributed by atoms with Gasteiger partial charge in [0, 0.05) is 0 Å². The number of hydrogen-bond donors (Lipinski definition) is 0. The Hall–Kier alpha value is -0.500. The second-order valence-corrected chi connectivity index (χ2v) is 2.68. The van der Waals surface area contributed by atoms with Crippen LogP contribution in [0, 0.1) is 5.82 Å². The first kappa shape index (κ1) is 10.6. The summed E-state index contributed by atoms with van der Waals surface area (Å²) in [6.07, 6.45) is 0. The molecule has 0 nitrogen and oxygen atoms in total. The summed E-state index contributed by atoms with van der Waals surface area (Å²) in [5.41, 5.74) is 2.19. The van der Waals surface area contributed by atoms with Crippen LogP contribution < -0.4 is 29.6 Å². The standard InChI is InChI=1S/C11H8F.Na/c12-11-7-5-10(6-8-11)9-3-1-2-4-9;/h1-8H;/q-1;+1. The molecule has 0 aliphatic carbocycles. The van der Waals surface area contributed by atoms with Gasteiger partial charge in [-0.3, -0.25) is 0 Å². The minimum Gasteiger partial charge on any atom is -0.208 e. The summed E-state index contributed by atoms with van der Waals surface area (Å²) in [7, 11) is 0. The van der Waals surface area contributed by atoms with Gasteiger partial charge in [-0.1, -0.05) is 17.7 Å². The summed E-state index contributed by atoms with van der Waals surface area (Å²) < 4.78 is 12.5. The van der Waals surface area contributed by atoms with Gasteiger partial charge in [-0.2, -0.15) is 12.1 Å². The van der Waals surface area contributed by atoms with Gasteiger partial charge in [0.25, 0.3) is 0 Å². The first-order chi connectivity index (χ1) is 5.86. The van der Waals surface area contributed by atoms with Crippen molar-refractivity contribution in [2.45, 2.75) is 0 Å². The van der Waals surface area contributed by atoms with E-state index in [9.17, 15) is 4.39 Å². The Morgan fingerprint density at radius 1 is 0.923 bits per heavy atom. The number of hydrogen-bond acceptors (Lipinski definition) is 0. The molecule has 0 bridgehead atoms. The molecular formula is C11H8FNa. The van der Waals surface area contributed by atoms with Crippen molar-refractivity contribution in [2.75, 3.05) is 0 Å². The van der Waals surface area contributed by atoms with Gasteiger partial charge in [0.15, 0.2) is 0 Å². The minimum absolute atomic E-state index is 0. The predicted molar refractivity (Wildman–Crippen MR) is 47.4 cm³/mol. The zero-order valence-corrected chi connectivity index (χ0v) is 9.50. The molecule has 0 heterocycles. The summed E-state index contributed by atoms with van der Waals surface area (Å²) >= 11 is 0. The molecule has 0 aliphatic rings. The molecule has 60 valence electrons. The fourth-order valence-corrected chi connectivity index (χ4v) is 1.21. The van der Waals surface area contributed by atoms with Gasteiger partial charge in [-0.05, 0) is 0 Å². The van der Waals surface area contributed by atoms with Gasteiger partial charge in [-0.25, -0.2) is 4.39 Å². The normalized spacial score (nSPS) is 9.31. The van der Waals surface area contributed by atoms with Crippen molar-refractivity contribution in [2.24, 2.45) is 0 Å². The van der Waals surface area contributed by atoms with Crippen LogP contribution in [0.4, 0.5) is 4.39 Å². The zero-order chi connectivity index (χ0) is 8.39. The van der Waals surface area contributed by atoms with Crippen molar-refractivity contribution in [3.63, 3.8) is 0 Å². The van der Waals surface area contributed by atoms with Crippen molar-refractivity contribution in [1.29, 1.82) is 0 Å². The van der Waals surface area contributed by atoms with E-state index in [1.54, 1.807) is 12.1 Å².